The predicted octanol–water partition coefficient (Wildman–Crippen LogP) is 5.35. The van der Waals surface area contributed by atoms with Crippen molar-refractivity contribution in [2.24, 2.45) is 0 Å². The number of pyridine rings is 2. The van der Waals surface area contributed by atoms with Gasteiger partial charge in [0.1, 0.15) is 11.9 Å². The van der Waals surface area contributed by atoms with E-state index in [0.717, 1.165) is 66.1 Å². The van der Waals surface area contributed by atoms with E-state index in [4.69, 9.17) is 19.4 Å². The fourth-order valence-corrected chi connectivity index (χ4v) is 5.82. The van der Waals surface area contributed by atoms with Gasteiger partial charge in [-0.1, -0.05) is 30.3 Å². The molecule has 38 heavy (non-hydrogen) atoms. The molecule has 196 valence electrons. The Morgan fingerprint density at radius 1 is 0.947 bits per heavy atom. The van der Waals surface area contributed by atoms with E-state index in [9.17, 15) is 0 Å². The standard InChI is InChI=1S/C29H32N6O2S/c1-2-5-21(6-3-1)20-38-24-17-25-26(32-19-24)18-27(35-13-15-36-16-14-35)34-28(25)37-23-9-7-22(8-10-23)33-29-30-11-4-12-31-29/h1-6,11-12,17-19,22-23H,7-10,13-16,20H2,(H,30,31,33). The van der Waals surface area contributed by atoms with E-state index in [1.165, 1.54) is 5.56 Å². The highest BCUT2D eigenvalue weighted by molar-refractivity contribution is 7.98. The largest absolute Gasteiger partial charge is 0.474 e. The quantitative estimate of drug-likeness (QED) is 0.304. The third kappa shape index (κ3) is 6.16. The van der Waals surface area contributed by atoms with E-state index in [-0.39, 0.29) is 6.10 Å². The fourth-order valence-electron chi connectivity index (χ4n) is 4.96. The highest BCUT2D eigenvalue weighted by Crippen LogP contribution is 2.34. The van der Waals surface area contributed by atoms with Gasteiger partial charge in [-0.2, -0.15) is 4.98 Å². The summed E-state index contributed by atoms with van der Waals surface area (Å²) in [7, 11) is 0. The van der Waals surface area contributed by atoms with Crippen LogP contribution in [0.2, 0.25) is 0 Å². The molecule has 1 aromatic carbocycles. The lowest BCUT2D eigenvalue weighted by Crippen LogP contribution is -2.37. The Morgan fingerprint density at radius 2 is 1.74 bits per heavy atom. The van der Waals surface area contributed by atoms with Crippen LogP contribution in [-0.4, -0.2) is 58.4 Å². The zero-order valence-electron chi connectivity index (χ0n) is 21.3. The molecular formula is C29H32N6O2S. The van der Waals surface area contributed by atoms with Crippen molar-refractivity contribution in [3.63, 3.8) is 0 Å². The molecule has 1 aliphatic carbocycles. The van der Waals surface area contributed by atoms with Crippen molar-refractivity contribution in [1.82, 2.24) is 19.9 Å². The Bertz CT molecular complexity index is 1330. The van der Waals surface area contributed by atoms with Crippen molar-refractivity contribution in [3.8, 4) is 5.88 Å². The molecular weight excluding hydrogens is 496 g/mol. The third-order valence-corrected chi connectivity index (χ3v) is 8.07. The number of anilines is 2. The van der Waals surface area contributed by atoms with Crippen LogP contribution < -0.4 is 15.0 Å². The lowest BCUT2D eigenvalue weighted by atomic mass is 9.93. The van der Waals surface area contributed by atoms with Crippen molar-refractivity contribution < 1.29 is 9.47 Å². The number of hydrogen-bond acceptors (Lipinski definition) is 9. The Kier molecular flexibility index (Phi) is 7.83. The van der Waals surface area contributed by atoms with Gasteiger partial charge in [0.15, 0.2) is 0 Å². The van der Waals surface area contributed by atoms with Crippen molar-refractivity contribution in [2.45, 2.75) is 48.5 Å². The Balaban J connectivity index is 1.20. The summed E-state index contributed by atoms with van der Waals surface area (Å²) >= 11 is 1.78. The number of thioether (sulfide) groups is 1. The van der Waals surface area contributed by atoms with Crippen LogP contribution in [0.5, 0.6) is 5.88 Å². The summed E-state index contributed by atoms with van der Waals surface area (Å²) in [5, 5.41) is 4.43. The van der Waals surface area contributed by atoms with E-state index in [1.807, 2.05) is 18.3 Å². The van der Waals surface area contributed by atoms with E-state index < -0.39 is 0 Å². The summed E-state index contributed by atoms with van der Waals surface area (Å²) in [6.45, 7) is 3.06. The molecule has 0 atom stereocenters. The van der Waals surface area contributed by atoms with Gasteiger partial charge in [0.2, 0.25) is 11.8 Å². The molecule has 6 rings (SSSR count). The van der Waals surface area contributed by atoms with Crippen molar-refractivity contribution in [2.75, 3.05) is 36.5 Å². The van der Waals surface area contributed by atoms with E-state index in [2.05, 4.69) is 56.6 Å². The fraction of sp³-hybridized carbons (Fsp3) is 0.379. The molecule has 8 nitrogen and oxygen atoms in total. The molecule has 0 amide bonds. The van der Waals surface area contributed by atoms with Gasteiger partial charge in [-0.05, 0) is 43.4 Å². The van der Waals surface area contributed by atoms with Gasteiger partial charge < -0.3 is 19.7 Å². The summed E-state index contributed by atoms with van der Waals surface area (Å²) < 4.78 is 12.2. The summed E-state index contributed by atoms with van der Waals surface area (Å²) in [6.07, 6.45) is 9.51. The Labute approximate surface area is 227 Å². The molecule has 0 bridgehead atoms. The first kappa shape index (κ1) is 24.9. The number of hydrogen-bond donors (Lipinski definition) is 1. The summed E-state index contributed by atoms with van der Waals surface area (Å²) in [5.41, 5.74) is 2.21. The van der Waals surface area contributed by atoms with Gasteiger partial charge in [0.05, 0.1) is 24.1 Å². The molecule has 4 heterocycles. The van der Waals surface area contributed by atoms with Gasteiger partial charge in [-0.3, -0.25) is 4.98 Å². The Hall–Kier alpha value is -3.43. The first-order chi connectivity index (χ1) is 18.8. The van der Waals surface area contributed by atoms with Crippen LogP contribution >= 0.6 is 11.8 Å². The smallest absolute Gasteiger partial charge is 0.225 e. The zero-order chi connectivity index (χ0) is 25.6. The van der Waals surface area contributed by atoms with Crippen molar-refractivity contribution in [1.29, 1.82) is 0 Å². The minimum atomic E-state index is 0.112. The topological polar surface area (TPSA) is 85.3 Å². The minimum Gasteiger partial charge on any atom is -0.474 e. The monoisotopic (exact) mass is 528 g/mol. The number of nitrogens with one attached hydrogen (secondary N) is 1. The van der Waals surface area contributed by atoms with Gasteiger partial charge >= 0.3 is 0 Å². The van der Waals surface area contributed by atoms with Crippen LogP contribution in [0.1, 0.15) is 31.2 Å². The molecule has 1 saturated heterocycles. The molecule has 2 aliphatic rings. The number of benzene rings is 1. The Morgan fingerprint density at radius 3 is 2.53 bits per heavy atom. The summed E-state index contributed by atoms with van der Waals surface area (Å²) in [4.78, 5) is 21.8. The molecule has 1 N–H and O–H groups in total. The van der Waals surface area contributed by atoms with Crippen LogP contribution in [0.25, 0.3) is 10.9 Å². The molecule has 0 unspecified atom stereocenters. The zero-order valence-corrected chi connectivity index (χ0v) is 22.1. The number of aromatic nitrogens is 4. The van der Waals surface area contributed by atoms with Crippen molar-refractivity contribution in [3.05, 3.63) is 72.7 Å². The maximum Gasteiger partial charge on any atom is 0.225 e. The number of ether oxygens (including phenoxy) is 2. The highest BCUT2D eigenvalue weighted by Gasteiger charge is 2.25. The van der Waals surface area contributed by atoms with Crippen LogP contribution in [0.3, 0.4) is 0 Å². The molecule has 0 spiro atoms. The number of morpholine rings is 1. The normalized spacial score (nSPS) is 19.8. The van der Waals surface area contributed by atoms with Gasteiger partial charge in [0, 0.05) is 54.4 Å². The average molecular weight is 529 g/mol. The van der Waals surface area contributed by atoms with Gasteiger partial charge in [-0.15, -0.1) is 11.8 Å². The number of nitrogens with zero attached hydrogens (tertiary/aromatic N) is 5. The molecule has 4 aromatic rings. The lowest BCUT2D eigenvalue weighted by Gasteiger charge is -2.31. The molecule has 1 saturated carbocycles. The highest BCUT2D eigenvalue weighted by atomic mass is 32.2. The summed E-state index contributed by atoms with van der Waals surface area (Å²) in [5.74, 6) is 3.17. The molecule has 3 aromatic heterocycles. The van der Waals surface area contributed by atoms with Crippen LogP contribution in [0, 0.1) is 0 Å². The molecule has 9 heteroatoms. The van der Waals surface area contributed by atoms with E-state index >= 15 is 0 Å². The van der Waals surface area contributed by atoms with Crippen LogP contribution in [0.15, 0.2) is 72.0 Å². The molecule has 0 radical (unpaired) electrons. The van der Waals surface area contributed by atoms with Gasteiger partial charge in [-0.25, -0.2) is 9.97 Å². The number of fused-ring (bicyclic) bond motifs is 1. The van der Waals surface area contributed by atoms with E-state index in [0.29, 0.717) is 31.1 Å². The maximum absolute atomic E-state index is 6.64. The van der Waals surface area contributed by atoms with Gasteiger partial charge in [0.25, 0.3) is 0 Å². The van der Waals surface area contributed by atoms with E-state index in [1.54, 1.807) is 24.2 Å². The summed E-state index contributed by atoms with van der Waals surface area (Å²) in [6, 6.07) is 17.0. The third-order valence-electron chi connectivity index (χ3n) is 7.04. The second kappa shape index (κ2) is 12.0. The average Bonchev–Trinajstić information content (AvgIpc) is 2.98. The second-order valence-corrected chi connectivity index (χ2v) is 10.8. The number of rotatable bonds is 8. The SMILES string of the molecule is c1ccc(CSc2cnc3cc(N4CCOCC4)nc(OC4CCC(Nc5ncccn5)CC4)c3c2)cc1. The predicted molar refractivity (Wildman–Crippen MR) is 151 cm³/mol. The van der Waals surface area contributed by atoms with Crippen molar-refractivity contribution >= 4 is 34.4 Å². The molecule has 2 fully saturated rings. The van der Waals surface area contributed by atoms with Crippen LogP contribution in [-0.2, 0) is 10.5 Å². The lowest BCUT2D eigenvalue weighted by molar-refractivity contribution is 0.122. The maximum atomic E-state index is 6.64. The second-order valence-electron chi connectivity index (χ2n) is 9.71. The minimum absolute atomic E-state index is 0.112. The first-order valence-electron chi connectivity index (χ1n) is 13.3. The first-order valence-corrected chi connectivity index (χ1v) is 14.3. The van der Waals surface area contributed by atoms with Crippen LogP contribution in [0.4, 0.5) is 11.8 Å². The molecule has 1 aliphatic heterocycles.